The fraction of sp³-hybridized carbons (Fsp3) is 0.125. The summed E-state index contributed by atoms with van der Waals surface area (Å²) in [6.45, 7) is 0. The van der Waals surface area contributed by atoms with Crippen LogP contribution in [0.15, 0.2) is 62.3 Å². The Morgan fingerprint density at radius 1 is 1.05 bits per heavy atom. The van der Waals surface area contributed by atoms with Gasteiger partial charge < -0.3 is 9.15 Å². The molecular formula is C16H13BrN2O2S. The lowest BCUT2D eigenvalue weighted by molar-refractivity contribution is 0.415. The molecule has 0 spiro atoms. The van der Waals surface area contributed by atoms with E-state index in [0.29, 0.717) is 17.5 Å². The van der Waals surface area contributed by atoms with Gasteiger partial charge >= 0.3 is 0 Å². The van der Waals surface area contributed by atoms with Crippen molar-refractivity contribution in [2.45, 2.75) is 10.6 Å². The van der Waals surface area contributed by atoms with Crippen LogP contribution in [0.4, 0.5) is 0 Å². The zero-order chi connectivity index (χ0) is 15.4. The number of hydrogen-bond acceptors (Lipinski definition) is 5. The van der Waals surface area contributed by atoms with Crippen LogP contribution in [0.5, 0.6) is 5.75 Å². The number of halogens is 1. The van der Waals surface area contributed by atoms with Gasteiger partial charge in [-0.1, -0.05) is 15.9 Å². The Hall–Kier alpha value is -1.79. The molecule has 0 aliphatic heterocycles. The van der Waals surface area contributed by atoms with E-state index in [1.165, 1.54) is 0 Å². The molecule has 0 amide bonds. The average molecular weight is 377 g/mol. The Kier molecular flexibility index (Phi) is 4.80. The number of thioether (sulfide) groups is 1. The Morgan fingerprint density at radius 3 is 2.45 bits per heavy atom. The summed E-state index contributed by atoms with van der Waals surface area (Å²) in [6, 6.07) is 15.7. The van der Waals surface area contributed by atoms with Gasteiger partial charge in [0, 0.05) is 14.9 Å². The number of nitrogens with zero attached hydrogens (tertiary/aromatic N) is 2. The monoisotopic (exact) mass is 376 g/mol. The molecule has 0 unspecified atom stereocenters. The lowest BCUT2D eigenvalue weighted by atomic mass is 10.2. The minimum Gasteiger partial charge on any atom is -0.497 e. The SMILES string of the molecule is COc1ccc(-c2nnc(CSc3ccc(Br)cc3)o2)cc1. The number of benzene rings is 2. The van der Waals surface area contributed by atoms with Crippen molar-refractivity contribution in [1.29, 1.82) is 0 Å². The first-order chi connectivity index (χ1) is 10.7. The largest absolute Gasteiger partial charge is 0.497 e. The second-order valence-corrected chi connectivity index (χ2v) is 6.44. The second kappa shape index (κ2) is 6.98. The van der Waals surface area contributed by atoms with Crippen molar-refractivity contribution in [3.05, 3.63) is 58.9 Å². The van der Waals surface area contributed by atoms with Crippen LogP contribution in [0, 0.1) is 0 Å². The van der Waals surface area contributed by atoms with E-state index in [-0.39, 0.29) is 0 Å². The van der Waals surface area contributed by atoms with Gasteiger partial charge in [0.1, 0.15) is 5.75 Å². The molecule has 0 aliphatic carbocycles. The van der Waals surface area contributed by atoms with E-state index in [2.05, 4.69) is 38.3 Å². The number of ether oxygens (including phenoxy) is 1. The van der Waals surface area contributed by atoms with Crippen molar-refractivity contribution >= 4 is 27.7 Å². The molecule has 0 radical (unpaired) electrons. The fourth-order valence-electron chi connectivity index (χ4n) is 1.84. The third-order valence-corrected chi connectivity index (χ3v) is 4.51. The normalized spacial score (nSPS) is 10.6. The maximum Gasteiger partial charge on any atom is 0.247 e. The van der Waals surface area contributed by atoms with Crippen LogP contribution in [0.25, 0.3) is 11.5 Å². The summed E-state index contributed by atoms with van der Waals surface area (Å²) in [5.41, 5.74) is 0.883. The molecule has 0 fully saturated rings. The van der Waals surface area contributed by atoms with Gasteiger partial charge in [0.25, 0.3) is 0 Å². The molecule has 0 bridgehead atoms. The molecule has 4 nitrogen and oxygen atoms in total. The summed E-state index contributed by atoms with van der Waals surface area (Å²) < 4.78 is 11.9. The fourth-order valence-corrected chi connectivity index (χ4v) is 2.84. The maximum absolute atomic E-state index is 5.70. The average Bonchev–Trinajstić information content (AvgIpc) is 3.03. The van der Waals surface area contributed by atoms with Crippen LogP contribution in [0.3, 0.4) is 0 Å². The highest BCUT2D eigenvalue weighted by molar-refractivity contribution is 9.10. The highest BCUT2D eigenvalue weighted by Crippen LogP contribution is 2.26. The van der Waals surface area contributed by atoms with Crippen molar-refractivity contribution in [2.24, 2.45) is 0 Å². The van der Waals surface area contributed by atoms with Crippen LogP contribution >= 0.6 is 27.7 Å². The minimum atomic E-state index is 0.522. The first-order valence-corrected chi connectivity index (χ1v) is 8.37. The van der Waals surface area contributed by atoms with E-state index in [9.17, 15) is 0 Å². The third kappa shape index (κ3) is 3.69. The standard InChI is InChI=1S/C16H13BrN2O2S/c1-20-13-6-2-11(3-7-13)16-19-18-15(21-16)10-22-14-8-4-12(17)5-9-14/h2-9H,10H2,1H3. The van der Waals surface area contributed by atoms with E-state index in [4.69, 9.17) is 9.15 Å². The van der Waals surface area contributed by atoms with E-state index >= 15 is 0 Å². The quantitative estimate of drug-likeness (QED) is 0.598. The third-order valence-electron chi connectivity index (χ3n) is 2.98. The van der Waals surface area contributed by atoms with Gasteiger partial charge in [-0.25, -0.2) is 0 Å². The highest BCUT2D eigenvalue weighted by atomic mass is 79.9. The number of aromatic nitrogens is 2. The lowest BCUT2D eigenvalue weighted by Crippen LogP contribution is -1.82. The molecule has 0 aliphatic rings. The van der Waals surface area contributed by atoms with Crippen LogP contribution < -0.4 is 4.74 Å². The van der Waals surface area contributed by atoms with Gasteiger partial charge in [0.15, 0.2) is 0 Å². The molecule has 112 valence electrons. The smallest absolute Gasteiger partial charge is 0.247 e. The van der Waals surface area contributed by atoms with E-state index < -0.39 is 0 Å². The Bertz CT molecular complexity index is 742. The molecular weight excluding hydrogens is 364 g/mol. The summed E-state index contributed by atoms with van der Waals surface area (Å²) in [6.07, 6.45) is 0. The van der Waals surface area contributed by atoms with Crippen LogP contribution in [0.2, 0.25) is 0 Å². The predicted octanol–water partition coefficient (Wildman–Crippen LogP) is 4.80. The van der Waals surface area contributed by atoms with Gasteiger partial charge in [0.05, 0.1) is 12.9 Å². The van der Waals surface area contributed by atoms with Gasteiger partial charge in [0.2, 0.25) is 11.8 Å². The summed E-state index contributed by atoms with van der Waals surface area (Å²) in [5, 5.41) is 8.18. The van der Waals surface area contributed by atoms with Gasteiger partial charge in [-0.15, -0.1) is 22.0 Å². The zero-order valence-corrected chi connectivity index (χ0v) is 14.2. The topological polar surface area (TPSA) is 48.2 Å². The first kappa shape index (κ1) is 15.1. The number of hydrogen-bond donors (Lipinski definition) is 0. The maximum atomic E-state index is 5.70. The zero-order valence-electron chi connectivity index (χ0n) is 11.8. The van der Waals surface area contributed by atoms with Crippen molar-refractivity contribution in [2.75, 3.05) is 7.11 Å². The molecule has 3 aromatic rings. The van der Waals surface area contributed by atoms with Crippen molar-refractivity contribution in [3.63, 3.8) is 0 Å². The first-order valence-electron chi connectivity index (χ1n) is 6.60. The molecule has 1 aromatic heterocycles. The summed E-state index contributed by atoms with van der Waals surface area (Å²) >= 11 is 5.08. The van der Waals surface area contributed by atoms with Gasteiger partial charge in [-0.05, 0) is 48.5 Å². The molecule has 0 saturated carbocycles. The number of rotatable bonds is 5. The minimum absolute atomic E-state index is 0.522. The molecule has 22 heavy (non-hydrogen) atoms. The predicted molar refractivity (Wildman–Crippen MR) is 90.0 cm³/mol. The van der Waals surface area contributed by atoms with Crippen molar-refractivity contribution in [1.82, 2.24) is 10.2 Å². The molecule has 0 N–H and O–H groups in total. The van der Waals surface area contributed by atoms with Crippen molar-refractivity contribution < 1.29 is 9.15 Å². The molecule has 0 saturated heterocycles. The second-order valence-electron chi connectivity index (χ2n) is 4.47. The van der Waals surface area contributed by atoms with Crippen LogP contribution in [0.1, 0.15) is 5.89 Å². The van der Waals surface area contributed by atoms with Gasteiger partial charge in [-0.2, -0.15) is 0 Å². The Morgan fingerprint density at radius 2 is 1.77 bits per heavy atom. The highest BCUT2D eigenvalue weighted by Gasteiger charge is 2.09. The van der Waals surface area contributed by atoms with Crippen LogP contribution in [-0.4, -0.2) is 17.3 Å². The lowest BCUT2D eigenvalue weighted by Gasteiger charge is -1.99. The van der Waals surface area contributed by atoms with Gasteiger partial charge in [-0.3, -0.25) is 0 Å². The van der Waals surface area contributed by atoms with E-state index in [1.54, 1.807) is 18.9 Å². The summed E-state index contributed by atoms with van der Waals surface area (Å²) in [4.78, 5) is 1.16. The number of methoxy groups -OCH3 is 1. The van der Waals surface area contributed by atoms with E-state index in [1.807, 2.05) is 36.4 Å². The van der Waals surface area contributed by atoms with Crippen molar-refractivity contribution in [3.8, 4) is 17.2 Å². The molecule has 2 aromatic carbocycles. The molecule has 3 rings (SSSR count). The molecule has 1 heterocycles. The summed E-state index contributed by atoms with van der Waals surface area (Å²) in [7, 11) is 1.64. The summed E-state index contributed by atoms with van der Waals surface area (Å²) in [5.74, 6) is 2.58. The van der Waals surface area contributed by atoms with E-state index in [0.717, 1.165) is 20.7 Å². The Labute approximate surface area is 141 Å². The Balaban J connectivity index is 1.66. The molecule has 6 heteroatoms. The molecule has 0 atom stereocenters. The van der Waals surface area contributed by atoms with Crippen LogP contribution in [-0.2, 0) is 5.75 Å².